The minimum absolute atomic E-state index is 0.355. The molecule has 0 spiro atoms. The molecule has 0 saturated heterocycles. The zero-order chi connectivity index (χ0) is 11.1. The van der Waals surface area contributed by atoms with Crippen molar-refractivity contribution < 1.29 is 14.3 Å². The summed E-state index contributed by atoms with van der Waals surface area (Å²) in [6.45, 7) is 2.43. The molecule has 0 atom stereocenters. The highest BCUT2D eigenvalue weighted by molar-refractivity contribution is 5.89. The lowest BCUT2D eigenvalue weighted by Crippen LogP contribution is -2.01. The molecule has 0 saturated carbocycles. The first-order chi connectivity index (χ1) is 7.27. The van der Waals surface area contributed by atoms with E-state index >= 15 is 0 Å². The van der Waals surface area contributed by atoms with Crippen molar-refractivity contribution in [3.63, 3.8) is 0 Å². The zero-order valence-electron chi connectivity index (χ0n) is 8.90. The highest BCUT2D eigenvalue weighted by Crippen LogP contribution is 2.13. The molecule has 0 heterocycles. The monoisotopic (exact) mass is 206 g/mol. The number of hydrogen-bond donors (Lipinski definition) is 0. The van der Waals surface area contributed by atoms with Crippen molar-refractivity contribution in [2.45, 2.75) is 6.92 Å². The first-order valence-corrected chi connectivity index (χ1v) is 4.70. The van der Waals surface area contributed by atoms with Gasteiger partial charge in [-0.2, -0.15) is 0 Å². The molecule has 15 heavy (non-hydrogen) atoms. The largest absolute Gasteiger partial charge is 0.490 e. The van der Waals surface area contributed by atoms with Crippen LogP contribution >= 0.6 is 0 Å². The first kappa shape index (κ1) is 11.3. The summed E-state index contributed by atoms with van der Waals surface area (Å²) < 4.78 is 10.00. The Hall–Kier alpha value is -1.77. The standard InChI is InChI=1S/C12H14O3/c1-3-4-8-15-11-7-5-6-10(9-11)12(13)14-2/h3-7,9H,8H2,1-2H3/b4-3+. The van der Waals surface area contributed by atoms with Crippen LogP contribution in [-0.2, 0) is 4.74 Å². The van der Waals surface area contributed by atoms with E-state index in [2.05, 4.69) is 4.74 Å². The Kier molecular flexibility index (Phi) is 4.41. The lowest BCUT2D eigenvalue weighted by Gasteiger charge is -2.04. The minimum atomic E-state index is -0.355. The number of rotatable bonds is 4. The van der Waals surface area contributed by atoms with E-state index in [1.807, 2.05) is 19.1 Å². The third-order valence-corrected chi connectivity index (χ3v) is 1.84. The van der Waals surface area contributed by atoms with Crippen LogP contribution in [0.2, 0.25) is 0 Å². The van der Waals surface area contributed by atoms with Crippen molar-refractivity contribution in [3.05, 3.63) is 42.0 Å². The van der Waals surface area contributed by atoms with Gasteiger partial charge in [0.25, 0.3) is 0 Å². The Bertz CT molecular complexity index is 356. The van der Waals surface area contributed by atoms with Gasteiger partial charge >= 0.3 is 5.97 Å². The summed E-state index contributed by atoms with van der Waals surface area (Å²) in [6, 6.07) is 6.91. The smallest absolute Gasteiger partial charge is 0.337 e. The van der Waals surface area contributed by atoms with Crippen LogP contribution in [0.4, 0.5) is 0 Å². The van der Waals surface area contributed by atoms with E-state index in [1.165, 1.54) is 7.11 Å². The van der Waals surface area contributed by atoms with Gasteiger partial charge in [0, 0.05) is 0 Å². The van der Waals surface area contributed by atoms with Gasteiger partial charge in [-0.1, -0.05) is 18.2 Å². The SMILES string of the molecule is C/C=C/COc1cccc(C(=O)OC)c1. The van der Waals surface area contributed by atoms with E-state index in [1.54, 1.807) is 24.3 Å². The first-order valence-electron chi connectivity index (χ1n) is 4.70. The number of esters is 1. The summed E-state index contributed by atoms with van der Waals surface area (Å²) in [5.74, 6) is 0.308. The van der Waals surface area contributed by atoms with Gasteiger partial charge in [0.05, 0.1) is 12.7 Å². The van der Waals surface area contributed by atoms with Crippen LogP contribution in [0.1, 0.15) is 17.3 Å². The Balaban J connectivity index is 2.69. The molecule has 0 unspecified atom stereocenters. The van der Waals surface area contributed by atoms with Crippen LogP contribution in [-0.4, -0.2) is 19.7 Å². The molecule has 0 bridgehead atoms. The Morgan fingerprint density at radius 3 is 2.93 bits per heavy atom. The molecule has 80 valence electrons. The van der Waals surface area contributed by atoms with Gasteiger partial charge in [0.2, 0.25) is 0 Å². The average Bonchev–Trinajstić information content (AvgIpc) is 2.29. The second kappa shape index (κ2) is 5.86. The predicted molar refractivity (Wildman–Crippen MR) is 58.1 cm³/mol. The number of carbonyl (C=O) groups excluding carboxylic acids is 1. The van der Waals surface area contributed by atoms with Gasteiger partial charge in [-0.25, -0.2) is 4.79 Å². The topological polar surface area (TPSA) is 35.5 Å². The number of hydrogen-bond acceptors (Lipinski definition) is 3. The number of allylic oxidation sites excluding steroid dienone is 1. The molecular formula is C12H14O3. The zero-order valence-corrected chi connectivity index (χ0v) is 8.90. The van der Waals surface area contributed by atoms with E-state index in [0.717, 1.165) is 0 Å². The molecule has 3 nitrogen and oxygen atoms in total. The van der Waals surface area contributed by atoms with Gasteiger partial charge < -0.3 is 9.47 Å². The van der Waals surface area contributed by atoms with Gasteiger partial charge in [0.1, 0.15) is 12.4 Å². The maximum absolute atomic E-state index is 11.2. The van der Waals surface area contributed by atoms with Gasteiger partial charge in [-0.3, -0.25) is 0 Å². The number of ether oxygens (including phenoxy) is 2. The summed E-state index contributed by atoms with van der Waals surface area (Å²) in [5.41, 5.74) is 0.496. The van der Waals surface area contributed by atoms with Crippen LogP contribution in [0.15, 0.2) is 36.4 Å². The summed E-state index contributed by atoms with van der Waals surface area (Å²) in [5, 5.41) is 0. The molecule has 0 fully saturated rings. The van der Waals surface area contributed by atoms with Crippen molar-refractivity contribution in [1.29, 1.82) is 0 Å². The van der Waals surface area contributed by atoms with Crippen molar-refractivity contribution in [3.8, 4) is 5.75 Å². The summed E-state index contributed by atoms with van der Waals surface area (Å²) in [7, 11) is 1.36. The molecule has 0 radical (unpaired) electrons. The van der Waals surface area contributed by atoms with Crippen molar-refractivity contribution in [1.82, 2.24) is 0 Å². The molecule has 3 heteroatoms. The lowest BCUT2D eigenvalue weighted by molar-refractivity contribution is 0.0600. The van der Waals surface area contributed by atoms with Crippen LogP contribution in [0.25, 0.3) is 0 Å². The third-order valence-electron chi connectivity index (χ3n) is 1.84. The lowest BCUT2D eigenvalue weighted by atomic mass is 10.2. The number of methoxy groups -OCH3 is 1. The number of benzene rings is 1. The fraction of sp³-hybridized carbons (Fsp3) is 0.250. The van der Waals surface area contributed by atoms with E-state index in [9.17, 15) is 4.79 Å². The Morgan fingerprint density at radius 2 is 2.27 bits per heavy atom. The molecule has 0 aliphatic heterocycles. The maximum atomic E-state index is 11.2. The summed E-state index contributed by atoms with van der Waals surface area (Å²) >= 11 is 0. The fourth-order valence-corrected chi connectivity index (χ4v) is 1.07. The molecule has 0 aliphatic rings. The van der Waals surface area contributed by atoms with Gasteiger partial charge in [-0.05, 0) is 25.1 Å². The van der Waals surface area contributed by atoms with Crippen LogP contribution in [0, 0.1) is 0 Å². The maximum Gasteiger partial charge on any atom is 0.337 e. The minimum Gasteiger partial charge on any atom is -0.490 e. The van der Waals surface area contributed by atoms with Gasteiger partial charge in [0.15, 0.2) is 0 Å². The summed E-state index contributed by atoms with van der Waals surface area (Å²) in [6.07, 6.45) is 3.80. The van der Waals surface area contributed by atoms with Crippen molar-refractivity contribution in [2.24, 2.45) is 0 Å². The van der Waals surface area contributed by atoms with E-state index in [4.69, 9.17) is 4.74 Å². The molecule has 1 aromatic rings. The highest BCUT2D eigenvalue weighted by Gasteiger charge is 2.05. The Morgan fingerprint density at radius 1 is 1.47 bits per heavy atom. The molecular weight excluding hydrogens is 192 g/mol. The molecule has 0 N–H and O–H groups in total. The third kappa shape index (κ3) is 3.46. The second-order valence-corrected chi connectivity index (χ2v) is 2.90. The van der Waals surface area contributed by atoms with E-state index in [0.29, 0.717) is 17.9 Å². The van der Waals surface area contributed by atoms with Crippen LogP contribution in [0.5, 0.6) is 5.75 Å². The fourth-order valence-electron chi connectivity index (χ4n) is 1.07. The van der Waals surface area contributed by atoms with Gasteiger partial charge in [-0.15, -0.1) is 0 Å². The van der Waals surface area contributed by atoms with Crippen molar-refractivity contribution >= 4 is 5.97 Å². The second-order valence-electron chi connectivity index (χ2n) is 2.90. The predicted octanol–water partition coefficient (Wildman–Crippen LogP) is 2.43. The molecule has 0 amide bonds. The van der Waals surface area contributed by atoms with E-state index < -0.39 is 0 Å². The Labute approximate surface area is 89.3 Å². The average molecular weight is 206 g/mol. The quantitative estimate of drug-likeness (QED) is 0.560. The normalized spacial score (nSPS) is 10.3. The van der Waals surface area contributed by atoms with Crippen molar-refractivity contribution in [2.75, 3.05) is 13.7 Å². The summed E-state index contributed by atoms with van der Waals surface area (Å²) in [4.78, 5) is 11.2. The number of carbonyl (C=O) groups is 1. The van der Waals surface area contributed by atoms with Crippen LogP contribution < -0.4 is 4.74 Å². The highest BCUT2D eigenvalue weighted by atomic mass is 16.5. The van der Waals surface area contributed by atoms with E-state index in [-0.39, 0.29) is 5.97 Å². The molecule has 0 aromatic heterocycles. The molecule has 0 aliphatic carbocycles. The molecule has 1 aromatic carbocycles. The molecule has 1 rings (SSSR count). The van der Waals surface area contributed by atoms with Crippen LogP contribution in [0.3, 0.4) is 0 Å².